The lowest BCUT2D eigenvalue weighted by Gasteiger charge is -2.43. The number of hydrogen-bond acceptors (Lipinski definition) is 2. The predicted molar refractivity (Wildman–Crippen MR) is 67.5 cm³/mol. The Kier molecular flexibility index (Phi) is 4.66. The Morgan fingerprint density at radius 1 is 1.25 bits per heavy atom. The molecule has 1 aliphatic carbocycles. The van der Waals surface area contributed by atoms with Gasteiger partial charge in [0.2, 0.25) is 0 Å². The van der Waals surface area contributed by atoms with E-state index in [4.69, 9.17) is 4.74 Å². The molecule has 1 heterocycles. The largest absolute Gasteiger partial charge is 0.381 e. The molecular formula is C14H27NO. The molecule has 0 spiro atoms. The maximum atomic E-state index is 5.61. The normalized spacial score (nSPS) is 35.1. The maximum Gasteiger partial charge on any atom is 0.0497 e. The molecule has 1 saturated carbocycles. The lowest BCUT2D eigenvalue weighted by Crippen LogP contribution is -2.42. The van der Waals surface area contributed by atoms with Gasteiger partial charge in [0.25, 0.3) is 0 Å². The van der Waals surface area contributed by atoms with Crippen LogP contribution in [0.2, 0.25) is 0 Å². The average molecular weight is 225 g/mol. The molecule has 2 nitrogen and oxygen atoms in total. The smallest absolute Gasteiger partial charge is 0.0497 e. The quantitative estimate of drug-likeness (QED) is 0.777. The van der Waals surface area contributed by atoms with Crippen molar-refractivity contribution >= 4 is 0 Å². The van der Waals surface area contributed by atoms with Crippen LogP contribution in [0.25, 0.3) is 0 Å². The van der Waals surface area contributed by atoms with Crippen LogP contribution in [0.1, 0.15) is 39.5 Å². The molecule has 1 aliphatic heterocycles. The topological polar surface area (TPSA) is 21.3 Å². The van der Waals surface area contributed by atoms with E-state index in [0.717, 1.165) is 36.9 Å². The average Bonchev–Trinajstić information content (AvgIpc) is 2.24. The summed E-state index contributed by atoms with van der Waals surface area (Å²) in [5, 5.41) is 3.62. The summed E-state index contributed by atoms with van der Waals surface area (Å²) in [6, 6.07) is 0. The summed E-state index contributed by atoms with van der Waals surface area (Å²) in [5.41, 5.74) is 0. The van der Waals surface area contributed by atoms with Crippen molar-refractivity contribution in [3.8, 4) is 0 Å². The zero-order valence-corrected chi connectivity index (χ0v) is 10.9. The first kappa shape index (κ1) is 12.4. The van der Waals surface area contributed by atoms with Gasteiger partial charge in [0.15, 0.2) is 0 Å². The summed E-state index contributed by atoms with van der Waals surface area (Å²) in [7, 11) is 0. The molecule has 0 aromatic carbocycles. The molecule has 0 aromatic rings. The van der Waals surface area contributed by atoms with Gasteiger partial charge >= 0.3 is 0 Å². The Labute approximate surface area is 100 Å². The van der Waals surface area contributed by atoms with Crippen LogP contribution in [0.4, 0.5) is 0 Å². The molecule has 1 N–H and O–H groups in total. The van der Waals surface area contributed by atoms with Crippen molar-refractivity contribution in [2.45, 2.75) is 39.5 Å². The van der Waals surface area contributed by atoms with Crippen LogP contribution in [0.15, 0.2) is 0 Å². The molecular weight excluding hydrogens is 198 g/mol. The van der Waals surface area contributed by atoms with Crippen molar-refractivity contribution in [3.63, 3.8) is 0 Å². The number of hydrogen-bond donors (Lipinski definition) is 1. The summed E-state index contributed by atoms with van der Waals surface area (Å²) >= 11 is 0. The Morgan fingerprint density at radius 3 is 2.69 bits per heavy atom. The van der Waals surface area contributed by atoms with Gasteiger partial charge in [0.1, 0.15) is 0 Å². The minimum absolute atomic E-state index is 0.775. The third kappa shape index (κ3) is 3.21. The van der Waals surface area contributed by atoms with Gasteiger partial charge in [-0.05, 0) is 62.4 Å². The zero-order valence-electron chi connectivity index (χ0n) is 10.9. The van der Waals surface area contributed by atoms with E-state index in [-0.39, 0.29) is 0 Å². The summed E-state index contributed by atoms with van der Waals surface area (Å²) in [4.78, 5) is 0. The lowest BCUT2D eigenvalue weighted by molar-refractivity contribution is -0.0138. The van der Waals surface area contributed by atoms with Crippen LogP contribution in [0.3, 0.4) is 0 Å². The van der Waals surface area contributed by atoms with Gasteiger partial charge in [-0.15, -0.1) is 0 Å². The molecule has 0 bridgehead atoms. The fraction of sp³-hybridized carbons (Fsp3) is 1.00. The Balaban J connectivity index is 1.66. The first-order valence-electron chi connectivity index (χ1n) is 7.06. The molecule has 1 saturated heterocycles. The molecule has 2 aliphatic rings. The molecule has 16 heavy (non-hydrogen) atoms. The Bertz CT molecular complexity index is 199. The van der Waals surface area contributed by atoms with Crippen molar-refractivity contribution in [1.29, 1.82) is 0 Å². The second-order valence-electron chi connectivity index (χ2n) is 6.03. The molecule has 0 aromatic heterocycles. The highest BCUT2D eigenvalue weighted by molar-refractivity contribution is 4.88. The summed E-state index contributed by atoms with van der Waals surface area (Å²) in [5.74, 6) is 3.54. The number of rotatable bonds is 5. The van der Waals surface area contributed by atoms with Crippen molar-refractivity contribution in [2.24, 2.45) is 23.7 Å². The van der Waals surface area contributed by atoms with E-state index >= 15 is 0 Å². The fourth-order valence-electron chi connectivity index (χ4n) is 3.13. The maximum absolute atomic E-state index is 5.61. The van der Waals surface area contributed by atoms with Crippen molar-refractivity contribution in [2.75, 3.05) is 26.3 Å². The molecule has 3 unspecified atom stereocenters. The SMILES string of the molecule is CC(C)CNCC1CCC1C1CCCOC1. The molecule has 3 atom stereocenters. The van der Waals surface area contributed by atoms with E-state index in [9.17, 15) is 0 Å². The highest BCUT2D eigenvalue weighted by Gasteiger charge is 2.37. The van der Waals surface area contributed by atoms with Crippen LogP contribution in [0, 0.1) is 23.7 Å². The molecule has 2 rings (SSSR count). The summed E-state index contributed by atoms with van der Waals surface area (Å²) in [6.07, 6.45) is 5.58. The first-order valence-corrected chi connectivity index (χ1v) is 7.06. The summed E-state index contributed by atoms with van der Waals surface area (Å²) in [6.45, 7) is 9.00. The van der Waals surface area contributed by atoms with Gasteiger partial charge in [-0.1, -0.05) is 13.8 Å². The Hall–Kier alpha value is -0.0800. The van der Waals surface area contributed by atoms with E-state index in [0.29, 0.717) is 0 Å². The predicted octanol–water partition coefficient (Wildman–Crippen LogP) is 2.68. The third-order valence-electron chi connectivity index (χ3n) is 4.24. The van der Waals surface area contributed by atoms with Crippen LogP contribution in [0.5, 0.6) is 0 Å². The van der Waals surface area contributed by atoms with E-state index in [1.54, 1.807) is 0 Å². The van der Waals surface area contributed by atoms with Crippen molar-refractivity contribution < 1.29 is 4.74 Å². The lowest BCUT2D eigenvalue weighted by atomic mass is 9.65. The number of nitrogens with one attached hydrogen (secondary N) is 1. The van der Waals surface area contributed by atoms with E-state index < -0.39 is 0 Å². The monoisotopic (exact) mass is 225 g/mol. The minimum Gasteiger partial charge on any atom is -0.381 e. The summed E-state index contributed by atoms with van der Waals surface area (Å²) < 4.78 is 5.61. The molecule has 94 valence electrons. The second-order valence-corrected chi connectivity index (χ2v) is 6.03. The fourth-order valence-corrected chi connectivity index (χ4v) is 3.13. The van der Waals surface area contributed by atoms with E-state index in [1.165, 1.54) is 38.8 Å². The van der Waals surface area contributed by atoms with Crippen LogP contribution in [-0.2, 0) is 4.74 Å². The minimum atomic E-state index is 0.775. The van der Waals surface area contributed by atoms with E-state index in [1.807, 2.05) is 0 Å². The molecule has 2 fully saturated rings. The number of ether oxygens (including phenoxy) is 1. The van der Waals surface area contributed by atoms with Crippen molar-refractivity contribution in [3.05, 3.63) is 0 Å². The van der Waals surface area contributed by atoms with Crippen molar-refractivity contribution in [1.82, 2.24) is 5.32 Å². The molecule has 2 heteroatoms. The zero-order chi connectivity index (χ0) is 11.4. The molecule has 0 radical (unpaired) electrons. The highest BCUT2D eigenvalue weighted by Crippen LogP contribution is 2.42. The van der Waals surface area contributed by atoms with Crippen LogP contribution < -0.4 is 5.32 Å². The standard InChI is InChI=1S/C14H27NO/c1-11(2)8-15-9-12-5-6-14(12)13-4-3-7-16-10-13/h11-15H,3-10H2,1-2H3. The van der Waals surface area contributed by atoms with Gasteiger partial charge in [0.05, 0.1) is 0 Å². The van der Waals surface area contributed by atoms with Crippen LogP contribution >= 0.6 is 0 Å². The van der Waals surface area contributed by atoms with Gasteiger partial charge in [-0.2, -0.15) is 0 Å². The van der Waals surface area contributed by atoms with Gasteiger partial charge in [-0.25, -0.2) is 0 Å². The highest BCUT2D eigenvalue weighted by atomic mass is 16.5. The van der Waals surface area contributed by atoms with Gasteiger partial charge in [0, 0.05) is 13.2 Å². The molecule has 0 amide bonds. The van der Waals surface area contributed by atoms with Gasteiger partial charge < -0.3 is 10.1 Å². The first-order chi connectivity index (χ1) is 7.77. The van der Waals surface area contributed by atoms with Crippen LogP contribution in [-0.4, -0.2) is 26.3 Å². The van der Waals surface area contributed by atoms with E-state index in [2.05, 4.69) is 19.2 Å². The second kappa shape index (κ2) is 6.02. The Morgan fingerprint density at radius 2 is 2.12 bits per heavy atom. The third-order valence-corrected chi connectivity index (χ3v) is 4.24. The van der Waals surface area contributed by atoms with Gasteiger partial charge in [-0.3, -0.25) is 0 Å².